The van der Waals surface area contributed by atoms with Gasteiger partial charge in [0.1, 0.15) is 5.82 Å². The van der Waals surface area contributed by atoms with Crippen molar-refractivity contribution in [2.45, 2.75) is 13.8 Å². The van der Waals surface area contributed by atoms with Gasteiger partial charge in [-0.2, -0.15) is 0 Å². The van der Waals surface area contributed by atoms with Gasteiger partial charge in [0, 0.05) is 13.2 Å². The maximum atomic E-state index is 5.34. The lowest BCUT2D eigenvalue weighted by Gasteiger charge is -1.95. The molecule has 3 nitrogen and oxygen atoms in total. The van der Waals surface area contributed by atoms with Crippen molar-refractivity contribution in [1.29, 1.82) is 0 Å². The second-order valence-corrected chi connectivity index (χ2v) is 2.11. The molecule has 1 heterocycles. The molecule has 1 aromatic rings. The van der Waals surface area contributed by atoms with Gasteiger partial charge in [-0.1, -0.05) is 13.8 Å². The first kappa shape index (κ1) is 10.1. The van der Waals surface area contributed by atoms with Crippen LogP contribution < -0.4 is 5.73 Å². The topological polar surface area (TPSA) is 43.8 Å². The summed E-state index contributed by atoms with van der Waals surface area (Å²) in [7, 11) is 1.83. The van der Waals surface area contributed by atoms with Crippen LogP contribution in [0.2, 0.25) is 0 Å². The number of anilines is 1. The van der Waals surface area contributed by atoms with E-state index in [1.165, 1.54) is 0 Å². The van der Waals surface area contributed by atoms with Gasteiger partial charge in [0.2, 0.25) is 4.77 Å². The molecular formula is C7H13N3S. The Morgan fingerprint density at radius 3 is 2.45 bits per heavy atom. The molecular weight excluding hydrogens is 158 g/mol. The van der Waals surface area contributed by atoms with Gasteiger partial charge in [-0.15, -0.1) is 0 Å². The summed E-state index contributed by atoms with van der Waals surface area (Å²) in [6.07, 6.45) is 1.78. The van der Waals surface area contributed by atoms with Crippen LogP contribution in [0.1, 0.15) is 13.8 Å². The van der Waals surface area contributed by atoms with Crippen molar-refractivity contribution >= 4 is 18.0 Å². The molecule has 0 saturated carbocycles. The highest BCUT2D eigenvalue weighted by atomic mass is 32.1. The first-order chi connectivity index (χ1) is 5.20. The van der Waals surface area contributed by atoms with Crippen LogP contribution in [-0.4, -0.2) is 9.55 Å². The van der Waals surface area contributed by atoms with Crippen LogP contribution in [0.15, 0.2) is 12.3 Å². The van der Waals surface area contributed by atoms with Crippen LogP contribution in [0.25, 0.3) is 0 Å². The van der Waals surface area contributed by atoms with Crippen molar-refractivity contribution in [2.75, 3.05) is 5.73 Å². The second kappa shape index (κ2) is 4.85. The maximum Gasteiger partial charge on any atom is 0.201 e. The summed E-state index contributed by atoms with van der Waals surface area (Å²) in [6.45, 7) is 4.00. The first-order valence-corrected chi connectivity index (χ1v) is 3.90. The number of aromatic nitrogens is 2. The van der Waals surface area contributed by atoms with E-state index < -0.39 is 0 Å². The molecule has 0 bridgehead atoms. The molecule has 4 heteroatoms. The van der Waals surface area contributed by atoms with Crippen molar-refractivity contribution < 1.29 is 0 Å². The third kappa shape index (κ3) is 3.13. The Morgan fingerprint density at radius 2 is 2.09 bits per heavy atom. The molecule has 2 N–H and O–H groups in total. The van der Waals surface area contributed by atoms with E-state index in [4.69, 9.17) is 18.0 Å². The van der Waals surface area contributed by atoms with E-state index in [1.54, 1.807) is 16.8 Å². The van der Waals surface area contributed by atoms with Crippen LogP contribution >= 0.6 is 12.2 Å². The summed E-state index contributed by atoms with van der Waals surface area (Å²) in [5.74, 6) is 0.470. The largest absolute Gasteiger partial charge is 0.384 e. The molecule has 1 aromatic heterocycles. The Morgan fingerprint density at radius 1 is 1.55 bits per heavy atom. The number of aryl methyl sites for hydroxylation is 1. The molecule has 0 fully saturated rings. The monoisotopic (exact) mass is 171 g/mol. The number of rotatable bonds is 0. The van der Waals surface area contributed by atoms with Gasteiger partial charge in [-0.05, 0) is 18.3 Å². The molecule has 62 valence electrons. The Hall–Kier alpha value is -0.900. The SMILES string of the molecule is CC.Cn1ccc(N)nc1=S. The van der Waals surface area contributed by atoms with E-state index in [-0.39, 0.29) is 0 Å². The zero-order valence-electron chi connectivity index (χ0n) is 7.03. The maximum absolute atomic E-state index is 5.34. The summed E-state index contributed by atoms with van der Waals surface area (Å²) in [5, 5.41) is 0. The van der Waals surface area contributed by atoms with Gasteiger partial charge in [0.05, 0.1) is 0 Å². The van der Waals surface area contributed by atoms with E-state index in [0.29, 0.717) is 10.6 Å². The molecule has 0 spiro atoms. The molecule has 0 radical (unpaired) electrons. The zero-order chi connectivity index (χ0) is 8.85. The fourth-order valence-corrected chi connectivity index (χ4v) is 0.645. The van der Waals surface area contributed by atoms with Gasteiger partial charge in [0.15, 0.2) is 0 Å². The second-order valence-electron chi connectivity index (χ2n) is 1.75. The highest BCUT2D eigenvalue weighted by Crippen LogP contribution is 1.93. The first-order valence-electron chi connectivity index (χ1n) is 3.49. The fourth-order valence-electron chi connectivity index (χ4n) is 0.479. The standard InChI is InChI=1S/C5H7N3S.C2H6/c1-8-3-2-4(6)7-5(8)9;1-2/h2-3H,1H3,(H2,6,7,9);1-2H3. The predicted octanol–water partition coefficient (Wildman–Crippen LogP) is 1.76. The van der Waals surface area contributed by atoms with Crippen LogP contribution in [0, 0.1) is 4.77 Å². The zero-order valence-corrected chi connectivity index (χ0v) is 7.85. The lowest BCUT2D eigenvalue weighted by molar-refractivity contribution is 0.847. The number of nitrogens with two attached hydrogens (primary N) is 1. The molecule has 0 amide bonds. The highest BCUT2D eigenvalue weighted by Gasteiger charge is 1.85. The van der Waals surface area contributed by atoms with E-state index >= 15 is 0 Å². The quantitative estimate of drug-likeness (QED) is 0.605. The Bertz CT molecular complexity index is 267. The molecule has 1 rings (SSSR count). The summed E-state index contributed by atoms with van der Waals surface area (Å²) in [6, 6.07) is 1.70. The Balaban J connectivity index is 0.000000461. The molecule has 11 heavy (non-hydrogen) atoms. The van der Waals surface area contributed by atoms with Gasteiger partial charge in [-0.25, -0.2) is 4.98 Å². The van der Waals surface area contributed by atoms with Gasteiger partial charge in [0.25, 0.3) is 0 Å². The summed E-state index contributed by atoms with van der Waals surface area (Å²) >= 11 is 4.81. The smallest absolute Gasteiger partial charge is 0.201 e. The number of nitrogen functional groups attached to an aromatic ring is 1. The molecule has 0 aliphatic heterocycles. The predicted molar refractivity (Wildman–Crippen MR) is 49.8 cm³/mol. The highest BCUT2D eigenvalue weighted by molar-refractivity contribution is 7.71. The van der Waals surface area contributed by atoms with Gasteiger partial charge >= 0.3 is 0 Å². The van der Waals surface area contributed by atoms with E-state index in [9.17, 15) is 0 Å². The fraction of sp³-hybridized carbons (Fsp3) is 0.429. The van der Waals surface area contributed by atoms with Crippen molar-refractivity contribution in [3.63, 3.8) is 0 Å². The number of hydrogen-bond donors (Lipinski definition) is 1. The molecule has 0 unspecified atom stereocenters. The minimum atomic E-state index is 0.470. The summed E-state index contributed by atoms with van der Waals surface area (Å²) in [5.41, 5.74) is 5.34. The van der Waals surface area contributed by atoms with Gasteiger partial charge in [-0.3, -0.25) is 0 Å². The van der Waals surface area contributed by atoms with Crippen molar-refractivity contribution in [3.05, 3.63) is 17.0 Å². The van der Waals surface area contributed by atoms with E-state index in [0.717, 1.165) is 0 Å². The Kier molecular flexibility index (Phi) is 4.45. The molecule has 0 aliphatic rings. The van der Waals surface area contributed by atoms with E-state index in [2.05, 4.69) is 4.98 Å². The van der Waals surface area contributed by atoms with Crippen LogP contribution in [0.4, 0.5) is 5.82 Å². The van der Waals surface area contributed by atoms with Gasteiger partial charge < -0.3 is 10.3 Å². The third-order valence-electron chi connectivity index (χ3n) is 0.995. The average Bonchev–Trinajstić information content (AvgIpc) is 2.02. The van der Waals surface area contributed by atoms with Crippen LogP contribution in [-0.2, 0) is 7.05 Å². The minimum absolute atomic E-state index is 0.470. The Labute approximate surface area is 71.9 Å². The third-order valence-corrected chi connectivity index (χ3v) is 1.37. The van der Waals surface area contributed by atoms with Crippen LogP contribution in [0.3, 0.4) is 0 Å². The number of hydrogen-bond acceptors (Lipinski definition) is 3. The minimum Gasteiger partial charge on any atom is -0.384 e. The van der Waals surface area contributed by atoms with E-state index in [1.807, 2.05) is 20.9 Å². The lowest BCUT2D eigenvalue weighted by atomic mass is 10.6. The normalized spacial score (nSPS) is 8.27. The average molecular weight is 171 g/mol. The summed E-state index contributed by atoms with van der Waals surface area (Å²) in [4.78, 5) is 3.83. The molecule has 0 atom stereocenters. The molecule has 0 aromatic carbocycles. The molecule has 0 aliphatic carbocycles. The van der Waals surface area contributed by atoms with Crippen molar-refractivity contribution in [1.82, 2.24) is 9.55 Å². The summed E-state index contributed by atoms with van der Waals surface area (Å²) < 4.78 is 2.24. The number of nitrogens with zero attached hydrogens (tertiary/aromatic N) is 2. The van der Waals surface area contributed by atoms with Crippen LogP contribution in [0.5, 0.6) is 0 Å². The lowest BCUT2D eigenvalue weighted by Crippen LogP contribution is -1.97. The van der Waals surface area contributed by atoms with Crippen molar-refractivity contribution in [2.24, 2.45) is 7.05 Å². The van der Waals surface area contributed by atoms with Crippen molar-refractivity contribution in [3.8, 4) is 0 Å². The molecule has 0 saturated heterocycles.